The minimum absolute atomic E-state index is 0.380. The zero-order chi connectivity index (χ0) is 9.97. The van der Waals surface area contributed by atoms with Gasteiger partial charge in [-0.05, 0) is 12.1 Å². The lowest BCUT2D eigenvalue weighted by molar-refractivity contribution is 0.460. The molecule has 1 N–H and O–H groups in total. The molecule has 0 saturated carbocycles. The van der Waals surface area contributed by atoms with Crippen LogP contribution in [0.4, 0.5) is 0 Å². The lowest BCUT2D eigenvalue weighted by Gasteiger charge is -2.03. The molecule has 1 atom stereocenters. The van der Waals surface area contributed by atoms with Crippen LogP contribution in [0.2, 0.25) is 0 Å². The second-order valence-corrected chi connectivity index (χ2v) is 3.25. The fourth-order valence-electron chi connectivity index (χ4n) is 1.24. The molecule has 5 heteroatoms. The molecule has 4 nitrogen and oxygen atoms in total. The zero-order valence-corrected chi connectivity index (χ0v) is 7.90. The van der Waals surface area contributed by atoms with Crippen molar-refractivity contribution in [1.29, 1.82) is 0 Å². The van der Waals surface area contributed by atoms with E-state index in [4.69, 9.17) is 8.74 Å². The summed E-state index contributed by atoms with van der Waals surface area (Å²) in [7, 11) is 0. The van der Waals surface area contributed by atoms with Gasteiger partial charge in [0.15, 0.2) is 5.75 Å². The first-order valence-corrected chi connectivity index (χ1v) is 4.92. The SMILES string of the molecule is O=S(O)Oc1cccc2cnccc12. The van der Waals surface area contributed by atoms with Gasteiger partial charge >= 0.3 is 11.4 Å². The molecule has 14 heavy (non-hydrogen) atoms. The van der Waals surface area contributed by atoms with Gasteiger partial charge in [0.1, 0.15) is 0 Å². The second kappa shape index (κ2) is 3.73. The van der Waals surface area contributed by atoms with Crippen molar-refractivity contribution >= 4 is 22.1 Å². The van der Waals surface area contributed by atoms with E-state index in [2.05, 4.69) is 4.98 Å². The van der Waals surface area contributed by atoms with E-state index in [1.54, 1.807) is 30.6 Å². The van der Waals surface area contributed by atoms with Crippen molar-refractivity contribution < 1.29 is 12.9 Å². The van der Waals surface area contributed by atoms with E-state index in [1.165, 1.54) is 0 Å². The molecular weight excluding hydrogens is 202 g/mol. The molecule has 0 amide bonds. The van der Waals surface area contributed by atoms with Gasteiger partial charge in [-0.2, -0.15) is 4.21 Å². The Kier molecular flexibility index (Phi) is 2.43. The normalized spacial score (nSPS) is 12.6. The highest BCUT2D eigenvalue weighted by atomic mass is 32.2. The van der Waals surface area contributed by atoms with Gasteiger partial charge in [0.2, 0.25) is 0 Å². The number of rotatable bonds is 2. The molecule has 1 aromatic heterocycles. The van der Waals surface area contributed by atoms with Crippen LogP contribution in [0.5, 0.6) is 5.75 Å². The fraction of sp³-hybridized carbons (Fsp3) is 0. The average molecular weight is 209 g/mol. The number of benzene rings is 1. The summed E-state index contributed by atoms with van der Waals surface area (Å²) in [6.45, 7) is 0. The number of fused-ring (bicyclic) bond motifs is 1. The Hall–Kier alpha value is -1.46. The van der Waals surface area contributed by atoms with Crippen molar-refractivity contribution in [3.05, 3.63) is 36.7 Å². The van der Waals surface area contributed by atoms with E-state index in [-0.39, 0.29) is 0 Å². The van der Waals surface area contributed by atoms with Crippen LogP contribution >= 0.6 is 0 Å². The third kappa shape index (κ3) is 1.73. The Balaban J connectivity index is 2.59. The van der Waals surface area contributed by atoms with Gasteiger partial charge in [-0.15, -0.1) is 0 Å². The van der Waals surface area contributed by atoms with Crippen LogP contribution in [0, 0.1) is 0 Å². The summed E-state index contributed by atoms with van der Waals surface area (Å²) in [6.07, 6.45) is 3.28. The van der Waals surface area contributed by atoms with Crippen LogP contribution in [0.15, 0.2) is 36.7 Å². The molecule has 2 rings (SSSR count). The summed E-state index contributed by atoms with van der Waals surface area (Å²) >= 11 is -2.29. The van der Waals surface area contributed by atoms with E-state index >= 15 is 0 Å². The maximum Gasteiger partial charge on any atom is 0.357 e. The summed E-state index contributed by atoms with van der Waals surface area (Å²) in [6, 6.07) is 6.97. The van der Waals surface area contributed by atoms with E-state index in [1.807, 2.05) is 6.07 Å². The van der Waals surface area contributed by atoms with Crippen molar-refractivity contribution in [2.75, 3.05) is 0 Å². The molecule has 0 fully saturated rings. The van der Waals surface area contributed by atoms with Gasteiger partial charge < -0.3 is 4.18 Å². The first kappa shape index (κ1) is 9.11. The van der Waals surface area contributed by atoms with Crippen LogP contribution in [-0.4, -0.2) is 13.7 Å². The molecule has 72 valence electrons. The topological polar surface area (TPSA) is 59.4 Å². The minimum atomic E-state index is -2.29. The first-order valence-electron chi connectivity index (χ1n) is 3.89. The first-order chi connectivity index (χ1) is 6.77. The number of hydrogen-bond donors (Lipinski definition) is 1. The van der Waals surface area contributed by atoms with Crippen molar-refractivity contribution in [3.63, 3.8) is 0 Å². The third-order valence-electron chi connectivity index (χ3n) is 1.80. The van der Waals surface area contributed by atoms with E-state index in [0.29, 0.717) is 5.75 Å². The summed E-state index contributed by atoms with van der Waals surface area (Å²) in [5, 5.41) is 1.64. The van der Waals surface area contributed by atoms with Gasteiger partial charge in [-0.1, -0.05) is 12.1 Å². The summed E-state index contributed by atoms with van der Waals surface area (Å²) in [5.74, 6) is 0.380. The molecule has 0 aliphatic carbocycles. The monoisotopic (exact) mass is 209 g/mol. The van der Waals surface area contributed by atoms with Crippen molar-refractivity contribution in [2.24, 2.45) is 0 Å². The summed E-state index contributed by atoms with van der Waals surface area (Å²) in [5.41, 5.74) is 0. The average Bonchev–Trinajstić information content (AvgIpc) is 2.18. The smallest absolute Gasteiger partial charge is 0.357 e. The molecule has 1 unspecified atom stereocenters. The molecule has 0 saturated heterocycles. The Morgan fingerprint density at radius 1 is 1.36 bits per heavy atom. The molecule has 0 aliphatic heterocycles. The minimum Gasteiger partial charge on any atom is -0.379 e. The summed E-state index contributed by atoms with van der Waals surface area (Å²) in [4.78, 5) is 3.94. The van der Waals surface area contributed by atoms with Crippen LogP contribution in [0.3, 0.4) is 0 Å². The predicted octanol–water partition coefficient (Wildman–Crippen LogP) is 1.75. The van der Waals surface area contributed by atoms with Crippen LogP contribution in [-0.2, 0) is 11.4 Å². The third-order valence-corrected chi connectivity index (χ3v) is 2.12. The second-order valence-electron chi connectivity index (χ2n) is 2.65. The van der Waals surface area contributed by atoms with Gasteiger partial charge in [-0.3, -0.25) is 9.54 Å². The van der Waals surface area contributed by atoms with Crippen LogP contribution in [0.1, 0.15) is 0 Å². The largest absolute Gasteiger partial charge is 0.379 e. The highest BCUT2D eigenvalue weighted by Gasteiger charge is 2.03. The van der Waals surface area contributed by atoms with Gasteiger partial charge in [0.25, 0.3) is 0 Å². The maximum absolute atomic E-state index is 10.5. The summed E-state index contributed by atoms with van der Waals surface area (Å²) < 4.78 is 23.8. The lowest BCUT2D eigenvalue weighted by atomic mass is 10.2. The molecule has 0 bridgehead atoms. The van der Waals surface area contributed by atoms with Crippen LogP contribution in [0.25, 0.3) is 10.8 Å². The van der Waals surface area contributed by atoms with Gasteiger partial charge in [0.05, 0.1) is 0 Å². The predicted molar refractivity (Wildman–Crippen MR) is 53.1 cm³/mol. The molecular formula is C9H7NO3S. The van der Waals surface area contributed by atoms with Crippen molar-refractivity contribution in [3.8, 4) is 5.75 Å². The van der Waals surface area contributed by atoms with Gasteiger partial charge in [0, 0.05) is 23.2 Å². The zero-order valence-electron chi connectivity index (χ0n) is 7.08. The highest BCUT2D eigenvalue weighted by molar-refractivity contribution is 7.74. The fourth-order valence-corrected chi connectivity index (χ4v) is 1.54. The maximum atomic E-state index is 10.5. The van der Waals surface area contributed by atoms with E-state index < -0.39 is 11.4 Å². The molecule has 2 aromatic rings. The van der Waals surface area contributed by atoms with E-state index in [0.717, 1.165) is 10.8 Å². The van der Waals surface area contributed by atoms with Crippen LogP contribution < -0.4 is 4.18 Å². The standard InChI is InChI=1S/C9H7NO3S/c11-14(12)13-9-3-1-2-7-6-10-5-4-8(7)9/h1-6H,(H,11,12). The Morgan fingerprint density at radius 2 is 2.21 bits per heavy atom. The van der Waals surface area contributed by atoms with Crippen molar-refractivity contribution in [1.82, 2.24) is 4.98 Å². The highest BCUT2D eigenvalue weighted by Crippen LogP contribution is 2.24. The number of nitrogens with zero attached hydrogens (tertiary/aromatic N) is 1. The molecule has 0 aliphatic rings. The number of aromatic nitrogens is 1. The van der Waals surface area contributed by atoms with Crippen molar-refractivity contribution in [2.45, 2.75) is 0 Å². The number of pyridine rings is 1. The molecule has 1 aromatic carbocycles. The molecule has 1 heterocycles. The number of hydrogen-bond acceptors (Lipinski definition) is 3. The lowest BCUT2D eigenvalue weighted by Crippen LogP contribution is -1.97. The Labute approximate surface area is 83.0 Å². The molecule has 0 spiro atoms. The quantitative estimate of drug-likeness (QED) is 0.765. The van der Waals surface area contributed by atoms with E-state index in [9.17, 15) is 4.21 Å². The van der Waals surface area contributed by atoms with Gasteiger partial charge in [-0.25, -0.2) is 0 Å². The Bertz CT molecular complexity index is 481. The molecule has 0 radical (unpaired) electrons. The Morgan fingerprint density at radius 3 is 3.00 bits per heavy atom.